The molecule has 0 aliphatic heterocycles. The van der Waals surface area contributed by atoms with Crippen molar-refractivity contribution in [2.75, 3.05) is 22.9 Å². The largest absolute Gasteiger partial charge is 0.382 e. The maximum Gasteiger partial charge on any atom is 0.324 e. The number of halogens is 2. The standard InChI is InChI=1S/C20H20Cl2N6O/c21-15-4-1-13(2-5-15)10-24-8-7-14-3-6-16(9-17(14)22)27-20(29)28-19-12-25-18(23)11-26-19/h1-6,9,11-12,24H,7-8,10H2,(H2,23,25)(H2,26,27,28,29). The van der Waals surface area contributed by atoms with Gasteiger partial charge in [-0.25, -0.2) is 14.8 Å². The zero-order valence-electron chi connectivity index (χ0n) is 15.5. The summed E-state index contributed by atoms with van der Waals surface area (Å²) in [5.41, 5.74) is 8.20. The molecule has 0 radical (unpaired) electrons. The molecule has 1 aromatic heterocycles. The highest BCUT2D eigenvalue weighted by Gasteiger charge is 2.07. The zero-order chi connectivity index (χ0) is 20.6. The second-order valence-electron chi connectivity index (χ2n) is 6.27. The fraction of sp³-hybridized carbons (Fsp3) is 0.150. The molecule has 3 rings (SSSR count). The van der Waals surface area contributed by atoms with Gasteiger partial charge in [-0.05, 0) is 48.4 Å². The van der Waals surface area contributed by atoms with Gasteiger partial charge in [0.1, 0.15) is 5.82 Å². The van der Waals surface area contributed by atoms with E-state index in [9.17, 15) is 4.79 Å². The molecule has 0 bridgehead atoms. The molecule has 0 unspecified atom stereocenters. The number of hydrogen-bond donors (Lipinski definition) is 4. The lowest BCUT2D eigenvalue weighted by atomic mass is 10.1. The topological polar surface area (TPSA) is 105 Å². The molecule has 7 nitrogen and oxygen atoms in total. The number of rotatable bonds is 7. The minimum absolute atomic E-state index is 0.279. The number of hydrogen-bond acceptors (Lipinski definition) is 5. The van der Waals surface area contributed by atoms with Crippen LogP contribution in [0.2, 0.25) is 10.0 Å². The van der Waals surface area contributed by atoms with Gasteiger partial charge in [0.15, 0.2) is 5.82 Å². The SMILES string of the molecule is Nc1cnc(NC(=O)Nc2ccc(CCNCc3ccc(Cl)cc3)c(Cl)c2)cn1. The third-order valence-electron chi connectivity index (χ3n) is 4.04. The molecule has 0 spiro atoms. The Morgan fingerprint density at radius 3 is 2.48 bits per heavy atom. The van der Waals surface area contributed by atoms with Crippen molar-refractivity contribution in [2.45, 2.75) is 13.0 Å². The molecule has 2 amide bonds. The van der Waals surface area contributed by atoms with E-state index in [1.165, 1.54) is 12.4 Å². The van der Waals surface area contributed by atoms with Gasteiger partial charge in [0, 0.05) is 22.3 Å². The molecule has 0 aliphatic carbocycles. The lowest BCUT2D eigenvalue weighted by Crippen LogP contribution is -2.20. The van der Waals surface area contributed by atoms with Gasteiger partial charge in [-0.15, -0.1) is 0 Å². The maximum absolute atomic E-state index is 12.0. The van der Waals surface area contributed by atoms with E-state index < -0.39 is 6.03 Å². The molecule has 0 fully saturated rings. The maximum atomic E-state index is 12.0. The Balaban J connectivity index is 1.47. The van der Waals surface area contributed by atoms with Crippen molar-refractivity contribution in [3.63, 3.8) is 0 Å². The van der Waals surface area contributed by atoms with Crippen LogP contribution in [0.3, 0.4) is 0 Å². The Bertz CT molecular complexity index is 964. The molecule has 3 aromatic rings. The molecular weight excluding hydrogens is 411 g/mol. The van der Waals surface area contributed by atoms with Gasteiger partial charge in [0.25, 0.3) is 0 Å². The predicted molar refractivity (Wildman–Crippen MR) is 117 cm³/mol. The number of aromatic nitrogens is 2. The number of nitrogens with one attached hydrogen (secondary N) is 3. The minimum Gasteiger partial charge on any atom is -0.382 e. The molecular formula is C20H20Cl2N6O. The summed E-state index contributed by atoms with van der Waals surface area (Å²) in [5.74, 6) is 0.576. The van der Waals surface area contributed by atoms with Crippen LogP contribution >= 0.6 is 23.2 Å². The Morgan fingerprint density at radius 2 is 1.79 bits per heavy atom. The first-order chi connectivity index (χ1) is 14.0. The second kappa shape index (κ2) is 10.1. The number of nitrogens with zero attached hydrogens (tertiary/aromatic N) is 2. The predicted octanol–water partition coefficient (Wildman–Crippen LogP) is 4.34. The molecule has 0 aliphatic rings. The van der Waals surface area contributed by atoms with Crippen molar-refractivity contribution in [1.82, 2.24) is 15.3 Å². The first-order valence-electron chi connectivity index (χ1n) is 8.89. The number of anilines is 3. The lowest BCUT2D eigenvalue weighted by molar-refractivity contribution is 0.262. The van der Waals surface area contributed by atoms with E-state index in [4.69, 9.17) is 28.9 Å². The highest BCUT2D eigenvalue weighted by Crippen LogP contribution is 2.21. The summed E-state index contributed by atoms with van der Waals surface area (Å²) >= 11 is 12.2. The van der Waals surface area contributed by atoms with Gasteiger partial charge in [-0.1, -0.05) is 41.4 Å². The number of carbonyl (C=O) groups excluding carboxylic acids is 1. The molecule has 0 saturated carbocycles. The highest BCUT2D eigenvalue weighted by atomic mass is 35.5. The third kappa shape index (κ3) is 6.60. The van der Waals surface area contributed by atoms with Gasteiger partial charge >= 0.3 is 6.03 Å². The fourth-order valence-electron chi connectivity index (χ4n) is 2.57. The van der Waals surface area contributed by atoms with Gasteiger partial charge in [0.2, 0.25) is 0 Å². The van der Waals surface area contributed by atoms with Gasteiger partial charge in [-0.2, -0.15) is 0 Å². The van der Waals surface area contributed by atoms with Gasteiger partial charge in [-0.3, -0.25) is 5.32 Å². The molecule has 1 heterocycles. The van der Waals surface area contributed by atoms with Crippen molar-refractivity contribution in [2.24, 2.45) is 0 Å². The Morgan fingerprint density at radius 1 is 1.00 bits per heavy atom. The van der Waals surface area contributed by atoms with Crippen molar-refractivity contribution in [3.05, 3.63) is 76.0 Å². The van der Waals surface area contributed by atoms with E-state index in [-0.39, 0.29) is 5.82 Å². The minimum atomic E-state index is -0.447. The summed E-state index contributed by atoms with van der Waals surface area (Å²) < 4.78 is 0. The monoisotopic (exact) mass is 430 g/mol. The van der Waals surface area contributed by atoms with E-state index in [2.05, 4.69) is 25.9 Å². The fourth-order valence-corrected chi connectivity index (χ4v) is 2.97. The summed E-state index contributed by atoms with van der Waals surface area (Å²) in [5, 5.41) is 9.96. The van der Waals surface area contributed by atoms with Gasteiger partial charge < -0.3 is 16.4 Å². The van der Waals surface area contributed by atoms with Crippen LogP contribution in [0.25, 0.3) is 0 Å². The number of urea groups is 1. The van der Waals surface area contributed by atoms with E-state index in [1.54, 1.807) is 12.1 Å². The zero-order valence-corrected chi connectivity index (χ0v) is 17.0. The van der Waals surface area contributed by atoms with Crippen LogP contribution in [0.15, 0.2) is 54.9 Å². The van der Waals surface area contributed by atoms with Crippen molar-refractivity contribution in [3.8, 4) is 0 Å². The molecule has 0 saturated heterocycles. The summed E-state index contributed by atoms with van der Waals surface area (Å²) in [6.45, 7) is 1.52. The molecule has 9 heteroatoms. The number of amides is 2. The first-order valence-corrected chi connectivity index (χ1v) is 9.64. The second-order valence-corrected chi connectivity index (χ2v) is 7.11. The first kappa shape index (κ1) is 20.9. The Labute approximate surface area is 178 Å². The number of nitrogens with two attached hydrogens (primary N) is 1. The van der Waals surface area contributed by atoms with Crippen LogP contribution in [-0.4, -0.2) is 22.5 Å². The van der Waals surface area contributed by atoms with E-state index in [0.717, 1.165) is 35.7 Å². The van der Waals surface area contributed by atoms with Crippen LogP contribution < -0.4 is 21.7 Å². The Kier molecular flexibility index (Phi) is 7.24. The summed E-state index contributed by atoms with van der Waals surface area (Å²) in [4.78, 5) is 19.9. The van der Waals surface area contributed by atoms with Gasteiger partial charge in [0.05, 0.1) is 12.4 Å². The van der Waals surface area contributed by atoms with E-state index >= 15 is 0 Å². The quantitative estimate of drug-likeness (QED) is 0.417. The molecule has 0 atom stereocenters. The van der Waals surface area contributed by atoms with Crippen molar-refractivity contribution < 1.29 is 4.79 Å². The highest BCUT2D eigenvalue weighted by molar-refractivity contribution is 6.31. The Hall–Kier alpha value is -2.87. The number of nitrogen functional groups attached to an aromatic ring is 1. The van der Waals surface area contributed by atoms with Crippen LogP contribution in [0.1, 0.15) is 11.1 Å². The number of benzene rings is 2. The van der Waals surface area contributed by atoms with Crippen molar-refractivity contribution >= 4 is 46.6 Å². The summed E-state index contributed by atoms with van der Waals surface area (Å²) in [6, 6.07) is 12.7. The van der Waals surface area contributed by atoms with Crippen LogP contribution in [-0.2, 0) is 13.0 Å². The van der Waals surface area contributed by atoms with Crippen LogP contribution in [0, 0.1) is 0 Å². The normalized spacial score (nSPS) is 10.6. The average molecular weight is 431 g/mol. The van der Waals surface area contributed by atoms with Crippen LogP contribution in [0.5, 0.6) is 0 Å². The molecule has 2 aromatic carbocycles. The van der Waals surface area contributed by atoms with E-state index in [0.29, 0.717) is 16.5 Å². The molecule has 150 valence electrons. The average Bonchev–Trinajstić information content (AvgIpc) is 2.70. The molecule has 5 N–H and O–H groups in total. The number of carbonyl (C=O) groups is 1. The lowest BCUT2D eigenvalue weighted by Gasteiger charge is -2.10. The smallest absolute Gasteiger partial charge is 0.324 e. The van der Waals surface area contributed by atoms with Crippen LogP contribution in [0.4, 0.5) is 22.1 Å². The summed E-state index contributed by atoms with van der Waals surface area (Å²) in [6.07, 6.45) is 3.50. The summed E-state index contributed by atoms with van der Waals surface area (Å²) in [7, 11) is 0. The molecule has 29 heavy (non-hydrogen) atoms. The van der Waals surface area contributed by atoms with E-state index in [1.807, 2.05) is 30.3 Å². The third-order valence-corrected chi connectivity index (χ3v) is 4.64. The van der Waals surface area contributed by atoms with Crippen molar-refractivity contribution in [1.29, 1.82) is 0 Å².